The predicted octanol–water partition coefficient (Wildman–Crippen LogP) is 3.37. The minimum Gasteiger partial charge on any atom is -0.294 e. The number of aliphatic imine (C=N–C) groups is 1. The summed E-state index contributed by atoms with van der Waals surface area (Å²) in [6, 6.07) is 6.92. The van der Waals surface area contributed by atoms with Gasteiger partial charge in [0.2, 0.25) is 11.9 Å². The lowest BCUT2D eigenvalue weighted by Gasteiger charge is -2.24. The summed E-state index contributed by atoms with van der Waals surface area (Å²) in [4.78, 5) is 6.23. The number of rotatable bonds is 3. The van der Waals surface area contributed by atoms with E-state index in [9.17, 15) is 8.42 Å². The zero-order valence-electron chi connectivity index (χ0n) is 17.2. The number of nitrogens with zero attached hydrogens (tertiary/aromatic N) is 5. The maximum absolute atomic E-state index is 12.9. The lowest BCUT2D eigenvalue weighted by atomic mass is 9.87. The van der Waals surface area contributed by atoms with E-state index in [1.165, 1.54) is 23.5 Å². The molecule has 1 aromatic heterocycles. The molecule has 13 heteroatoms. The Labute approximate surface area is 200 Å². The molecular formula is C18H22N6O2S5. The van der Waals surface area contributed by atoms with Crippen LogP contribution in [0.5, 0.6) is 0 Å². The Bertz CT molecular complexity index is 1190. The van der Waals surface area contributed by atoms with Gasteiger partial charge < -0.3 is 0 Å². The van der Waals surface area contributed by atoms with Crippen LogP contribution >= 0.6 is 47.9 Å². The summed E-state index contributed by atoms with van der Waals surface area (Å²) in [5.41, 5.74) is 1.01. The van der Waals surface area contributed by atoms with Crippen molar-refractivity contribution in [2.75, 3.05) is 23.9 Å². The first-order valence-corrected chi connectivity index (χ1v) is 13.4. The minimum atomic E-state index is -3.78. The van der Waals surface area contributed by atoms with Crippen LogP contribution in [0.25, 0.3) is 0 Å². The summed E-state index contributed by atoms with van der Waals surface area (Å²) >= 11 is 13.5. The molecule has 2 aromatic rings. The number of anilines is 1. The van der Waals surface area contributed by atoms with Gasteiger partial charge in [0.1, 0.15) is 0 Å². The largest absolute Gasteiger partial charge is 0.294 e. The molecule has 0 radical (unpaired) electrons. The second-order valence-corrected chi connectivity index (χ2v) is 12.8. The van der Waals surface area contributed by atoms with E-state index in [2.05, 4.69) is 34.9 Å². The lowest BCUT2D eigenvalue weighted by molar-refractivity contribution is 0.583. The number of benzene rings is 1. The van der Waals surface area contributed by atoms with Crippen molar-refractivity contribution in [2.24, 2.45) is 4.99 Å². The molecule has 0 saturated carbocycles. The van der Waals surface area contributed by atoms with Crippen LogP contribution in [0.2, 0.25) is 0 Å². The van der Waals surface area contributed by atoms with Gasteiger partial charge in [0.15, 0.2) is 8.27 Å². The Balaban J connectivity index is 1.46. The van der Waals surface area contributed by atoms with Gasteiger partial charge in [-0.25, -0.2) is 13.1 Å². The van der Waals surface area contributed by atoms with Crippen molar-refractivity contribution >= 4 is 74.2 Å². The van der Waals surface area contributed by atoms with Crippen LogP contribution in [0.3, 0.4) is 0 Å². The molecular weight excluding hydrogens is 493 g/mol. The normalized spacial score (nSPS) is 16.4. The van der Waals surface area contributed by atoms with Gasteiger partial charge in [0, 0.05) is 25.0 Å². The second-order valence-electron chi connectivity index (χ2n) is 8.10. The number of hydrogen-bond donors (Lipinski definition) is 1. The molecule has 8 nitrogen and oxygen atoms in total. The van der Waals surface area contributed by atoms with E-state index in [4.69, 9.17) is 24.4 Å². The van der Waals surface area contributed by atoms with Crippen LogP contribution in [0.4, 0.5) is 5.95 Å². The first-order valence-electron chi connectivity index (χ1n) is 9.57. The molecule has 0 amide bonds. The van der Waals surface area contributed by atoms with Crippen LogP contribution < -0.4 is 9.03 Å². The van der Waals surface area contributed by atoms with E-state index in [0.717, 1.165) is 28.6 Å². The average molecular weight is 515 g/mol. The Hall–Kier alpha value is -1.54. The standard InChI is InChI=1S/C18H22N6O2S5/c1-18(2,3)12-4-6-13(7-5-12)31(25,26)21-14-19-8-9-22(14)17(28)30-24-11-10-23-15(24)20-29-16(23)27/h4-7H,8-11H2,1-3H3,(H,19,21). The quantitative estimate of drug-likeness (QED) is 0.493. The molecule has 2 aliphatic rings. The fraction of sp³-hybridized carbons (Fsp3) is 0.444. The zero-order valence-corrected chi connectivity index (χ0v) is 21.3. The molecule has 0 fully saturated rings. The number of thiocarbonyl (C=S) groups is 1. The number of aromatic nitrogens is 2. The summed E-state index contributed by atoms with van der Waals surface area (Å²) in [6.45, 7) is 8.73. The van der Waals surface area contributed by atoms with Crippen LogP contribution in [0.1, 0.15) is 26.3 Å². The number of sulfonamides is 1. The highest BCUT2D eigenvalue weighted by Gasteiger charge is 2.30. The predicted molar refractivity (Wildman–Crippen MR) is 133 cm³/mol. The summed E-state index contributed by atoms with van der Waals surface area (Å²) in [7, 11) is -3.78. The van der Waals surface area contributed by atoms with E-state index >= 15 is 0 Å². The maximum atomic E-state index is 12.9. The van der Waals surface area contributed by atoms with Gasteiger partial charge in [-0.2, -0.15) is 4.37 Å². The van der Waals surface area contributed by atoms with E-state index in [0.29, 0.717) is 17.4 Å². The summed E-state index contributed by atoms with van der Waals surface area (Å²) in [5, 5.41) is 0. The number of fused-ring (bicyclic) bond motifs is 1. The third kappa shape index (κ3) is 4.65. The fourth-order valence-corrected chi connectivity index (χ4v) is 6.48. The molecule has 1 N–H and O–H groups in total. The van der Waals surface area contributed by atoms with Crippen LogP contribution in [-0.2, 0) is 22.0 Å². The minimum absolute atomic E-state index is 0.0531. The highest BCUT2D eigenvalue weighted by atomic mass is 32.2. The van der Waals surface area contributed by atoms with Crippen molar-refractivity contribution in [1.82, 2.24) is 18.6 Å². The number of nitrogens with one attached hydrogen (secondary N) is 1. The van der Waals surface area contributed by atoms with Crippen LogP contribution in [0.15, 0.2) is 34.2 Å². The van der Waals surface area contributed by atoms with Crippen LogP contribution in [-0.4, -0.2) is 52.2 Å². The molecule has 0 unspecified atom stereocenters. The van der Waals surface area contributed by atoms with Gasteiger partial charge in [0.25, 0.3) is 10.0 Å². The number of hydrogen-bond acceptors (Lipinski definition) is 9. The van der Waals surface area contributed by atoms with E-state index in [1.807, 2.05) is 21.0 Å². The van der Waals surface area contributed by atoms with Crippen molar-refractivity contribution in [1.29, 1.82) is 0 Å². The van der Waals surface area contributed by atoms with E-state index < -0.39 is 10.0 Å². The highest BCUT2D eigenvalue weighted by molar-refractivity contribution is 8.23. The van der Waals surface area contributed by atoms with Crippen molar-refractivity contribution in [2.45, 2.75) is 37.6 Å². The molecule has 0 bridgehead atoms. The molecule has 0 atom stereocenters. The summed E-state index contributed by atoms with van der Waals surface area (Å²) in [5.74, 6) is 1.02. The SMILES string of the molecule is CC(C)(C)c1ccc(S(=O)(=O)NC2=NCCN2C(=S)SN2CCn3c2nsc3=S)cc1. The number of guanidine groups is 1. The zero-order chi connectivity index (χ0) is 22.4. The van der Waals surface area contributed by atoms with Crippen molar-refractivity contribution in [3.05, 3.63) is 33.8 Å². The molecule has 4 rings (SSSR count). The molecule has 2 aliphatic heterocycles. The maximum Gasteiger partial charge on any atom is 0.264 e. The van der Waals surface area contributed by atoms with Gasteiger partial charge in [-0.3, -0.25) is 18.8 Å². The van der Waals surface area contributed by atoms with E-state index in [-0.39, 0.29) is 16.3 Å². The second kappa shape index (κ2) is 8.43. The summed E-state index contributed by atoms with van der Waals surface area (Å²) in [6.07, 6.45) is 0. The van der Waals surface area contributed by atoms with Crippen molar-refractivity contribution in [3.63, 3.8) is 0 Å². The Kier molecular flexibility index (Phi) is 6.16. The molecule has 0 aliphatic carbocycles. The third-order valence-electron chi connectivity index (χ3n) is 4.92. The Morgan fingerprint density at radius 1 is 1.19 bits per heavy atom. The Morgan fingerprint density at radius 3 is 2.58 bits per heavy atom. The van der Waals surface area contributed by atoms with E-state index in [1.54, 1.807) is 17.0 Å². The monoisotopic (exact) mass is 514 g/mol. The molecule has 31 heavy (non-hydrogen) atoms. The molecule has 0 spiro atoms. The van der Waals surface area contributed by atoms with Gasteiger partial charge in [-0.1, -0.05) is 45.1 Å². The first-order chi connectivity index (χ1) is 14.6. The third-order valence-corrected chi connectivity index (χ3v) is 8.73. The molecule has 1 aromatic carbocycles. The Morgan fingerprint density at radius 2 is 1.90 bits per heavy atom. The fourth-order valence-electron chi connectivity index (χ4n) is 3.18. The first kappa shape index (κ1) is 22.6. The van der Waals surface area contributed by atoms with Gasteiger partial charge in [-0.15, -0.1) is 0 Å². The molecule has 0 saturated heterocycles. The summed E-state index contributed by atoms with van der Waals surface area (Å²) < 4.78 is 38.0. The smallest absolute Gasteiger partial charge is 0.264 e. The van der Waals surface area contributed by atoms with Crippen molar-refractivity contribution < 1.29 is 8.42 Å². The lowest BCUT2D eigenvalue weighted by Crippen LogP contribution is -2.44. The van der Waals surface area contributed by atoms with Gasteiger partial charge in [0.05, 0.1) is 18.0 Å². The van der Waals surface area contributed by atoms with Crippen molar-refractivity contribution in [3.8, 4) is 0 Å². The highest BCUT2D eigenvalue weighted by Crippen LogP contribution is 2.30. The topological polar surface area (TPSA) is 82.8 Å². The van der Waals surface area contributed by atoms with Crippen LogP contribution in [0, 0.1) is 3.95 Å². The van der Waals surface area contributed by atoms with Gasteiger partial charge >= 0.3 is 0 Å². The average Bonchev–Trinajstić information content (AvgIpc) is 3.40. The molecule has 166 valence electrons. The molecule has 3 heterocycles. The van der Waals surface area contributed by atoms with Gasteiger partial charge in [-0.05, 0) is 46.9 Å².